The summed E-state index contributed by atoms with van der Waals surface area (Å²) in [5.41, 5.74) is 4.29. The van der Waals surface area contributed by atoms with Gasteiger partial charge in [0.1, 0.15) is 0 Å². The molecule has 0 radical (unpaired) electrons. The second-order valence-electron chi connectivity index (χ2n) is 6.22. The third kappa shape index (κ3) is 4.73. The summed E-state index contributed by atoms with van der Waals surface area (Å²) in [6.07, 6.45) is 0.799. The average Bonchev–Trinajstić information content (AvgIpc) is 2.69. The highest BCUT2D eigenvalue weighted by atomic mass is 16.2. The van der Waals surface area contributed by atoms with E-state index in [0.717, 1.165) is 29.9 Å². The van der Waals surface area contributed by atoms with Crippen LogP contribution in [0.3, 0.4) is 0 Å². The summed E-state index contributed by atoms with van der Waals surface area (Å²) in [5.74, 6) is -0.00350. The molecule has 0 bridgehead atoms. The molecular weight excluding hydrogens is 320 g/mol. The van der Waals surface area contributed by atoms with Gasteiger partial charge in [-0.1, -0.05) is 66.7 Å². The van der Waals surface area contributed by atoms with E-state index in [9.17, 15) is 4.79 Å². The zero-order valence-electron chi connectivity index (χ0n) is 15.1. The van der Waals surface area contributed by atoms with Crippen molar-refractivity contribution < 1.29 is 4.79 Å². The van der Waals surface area contributed by atoms with E-state index in [-0.39, 0.29) is 5.91 Å². The van der Waals surface area contributed by atoms with E-state index in [1.54, 1.807) is 0 Å². The van der Waals surface area contributed by atoms with Crippen LogP contribution >= 0.6 is 0 Å². The van der Waals surface area contributed by atoms with Gasteiger partial charge in [-0.3, -0.25) is 4.79 Å². The molecular formula is C23H24N2O. The Hall–Kier alpha value is -3.07. The lowest BCUT2D eigenvalue weighted by Crippen LogP contribution is -2.33. The molecule has 1 amide bonds. The smallest absolute Gasteiger partial charge is 0.243 e. The molecule has 3 rings (SSSR count). The Labute approximate surface area is 155 Å². The molecule has 0 fully saturated rings. The van der Waals surface area contributed by atoms with E-state index >= 15 is 0 Å². The number of likely N-dealkylation sites (N-methyl/N-ethyl adjacent to an activating group) is 1. The van der Waals surface area contributed by atoms with Crippen LogP contribution in [0.1, 0.15) is 18.1 Å². The van der Waals surface area contributed by atoms with Crippen LogP contribution in [-0.2, 0) is 11.2 Å². The van der Waals surface area contributed by atoms with Crippen LogP contribution in [0.2, 0.25) is 0 Å². The van der Waals surface area contributed by atoms with Crippen LogP contribution in [0.4, 0.5) is 11.4 Å². The predicted octanol–water partition coefficient (Wildman–Crippen LogP) is 4.74. The van der Waals surface area contributed by atoms with Crippen molar-refractivity contribution in [1.82, 2.24) is 0 Å². The lowest BCUT2D eigenvalue weighted by atomic mass is 10.0. The van der Waals surface area contributed by atoms with E-state index in [1.807, 2.05) is 66.7 Å². The zero-order valence-corrected chi connectivity index (χ0v) is 15.1. The van der Waals surface area contributed by atoms with E-state index in [4.69, 9.17) is 0 Å². The highest BCUT2D eigenvalue weighted by molar-refractivity contribution is 5.94. The molecule has 1 N–H and O–H groups in total. The van der Waals surface area contributed by atoms with E-state index < -0.39 is 0 Å². The summed E-state index contributed by atoms with van der Waals surface area (Å²) in [7, 11) is 0. The summed E-state index contributed by atoms with van der Waals surface area (Å²) < 4.78 is 0. The van der Waals surface area contributed by atoms with E-state index in [0.29, 0.717) is 6.54 Å². The number of amides is 1. The van der Waals surface area contributed by atoms with Crippen molar-refractivity contribution in [2.24, 2.45) is 0 Å². The molecule has 0 atom stereocenters. The average molecular weight is 344 g/mol. The van der Waals surface area contributed by atoms with Gasteiger partial charge in [0.25, 0.3) is 0 Å². The second kappa shape index (κ2) is 8.86. The van der Waals surface area contributed by atoms with Crippen molar-refractivity contribution in [2.75, 3.05) is 23.3 Å². The molecule has 0 saturated heterocycles. The first-order valence-electron chi connectivity index (χ1n) is 8.98. The third-order valence-corrected chi connectivity index (χ3v) is 4.37. The van der Waals surface area contributed by atoms with Crippen molar-refractivity contribution in [2.45, 2.75) is 13.3 Å². The summed E-state index contributed by atoms with van der Waals surface area (Å²) in [5, 5.41) is 3.08. The molecule has 0 spiro atoms. The maximum atomic E-state index is 12.6. The van der Waals surface area contributed by atoms with Crippen molar-refractivity contribution in [1.29, 1.82) is 0 Å². The number of hydrogen-bond donors (Lipinski definition) is 1. The first-order chi connectivity index (χ1) is 12.8. The van der Waals surface area contributed by atoms with Crippen LogP contribution < -0.4 is 10.2 Å². The van der Waals surface area contributed by atoms with Crippen molar-refractivity contribution in [3.63, 3.8) is 0 Å². The molecule has 0 unspecified atom stereocenters. The van der Waals surface area contributed by atoms with Gasteiger partial charge in [-0.25, -0.2) is 0 Å². The molecule has 0 aromatic heterocycles. The number of carbonyl (C=O) groups excluding carboxylic acids is 1. The third-order valence-electron chi connectivity index (χ3n) is 4.37. The van der Waals surface area contributed by atoms with Crippen LogP contribution in [0, 0.1) is 0 Å². The Balaban J connectivity index is 1.69. The molecule has 26 heavy (non-hydrogen) atoms. The molecule has 0 heterocycles. The predicted molar refractivity (Wildman–Crippen MR) is 109 cm³/mol. The molecule has 3 heteroatoms. The fraction of sp³-hybridized carbons (Fsp3) is 0.174. The van der Waals surface area contributed by atoms with Gasteiger partial charge < -0.3 is 10.2 Å². The highest BCUT2D eigenvalue weighted by Gasteiger charge is 2.12. The van der Waals surface area contributed by atoms with Gasteiger partial charge in [0.05, 0.1) is 6.54 Å². The maximum Gasteiger partial charge on any atom is 0.243 e. The molecule has 0 aliphatic rings. The van der Waals surface area contributed by atoms with Gasteiger partial charge in [-0.2, -0.15) is 0 Å². The minimum Gasteiger partial charge on any atom is -0.362 e. The topological polar surface area (TPSA) is 32.3 Å². The number of rotatable bonds is 7. The number of nitrogens with one attached hydrogen (secondary N) is 1. The number of carbonyl (C=O) groups is 1. The molecule has 0 aliphatic heterocycles. The minimum absolute atomic E-state index is 0.00350. The van der Waals surface area contributed by atoms with Crippen LogP contribution in [0.5, 0.6) is 0 Å². The number of benzene rings is 3. The summed E-state index contributed by atoms with van der Waals surface area (Å²) in [4.78, 5) is 14.7. The van der Waals surface area contributed by atoms with Crippen LogP contribution in [-0.4, -0.2) is 19.0 Å². The highest BCUT2D eigenvalue weighted by Crippen LogP contribution is 2.19. The number of para-hydroxylation sites is 2. The quantitative estimate of drug-likeness (QED) is 0.671. The van der Waals surface area contributed by atoms with Crippen molar-refractivity contribution >= 4 is 17.3 Å². The van der Waals surface area contributed by atoms with Gasteiger partial charge in [0.15, 0.2) is 0 Å². The van der Waals surface area contributed by atoms with E-state index in [2.05, 4.69) is 35.3 Å². The van der Waals surface area contributed by atoms with Gasteiger partial charge in [0.2, 0.25) is 5.91 Å². The van der Waals surface area contributed by atoms with Crippen molar-refractivity contribution in [3.05, 3.63) is 96.1 Å². The Morgan fingerprint density at radius 3 is 2.15 bits per heavy atom. The summed E-state index contributed by atoms with van der Waals surface area (Å²) >= 11 is 0. The summed E-state index contributed by atoms with van der Waals surface area (Å²) in [6, 6.07) is 28.3. The number of hydrogen-bond acceptors (Lipinski definition) is 2. The van der Waals surface area contributed by atoms with Crippen LogP contribution in [0.25, 0.3) is 0 Å². The van der Waals surface area contributed by atoms with Gasteiger partial charge in [-0.15, -0.1) is 0 Å². The molecule has 3 nitrogen and oxygen atoms in total. The fourth-order valence-corrected chi connectivity index (χ4v) is 3.00. The van der Waals surface area contributed by atoms with Crippen molar-refractivity contribution in [3.8, 4) is 0 Å². The largest absolute Gasteiger partial charge is 0.362 e. The van der Waals surface area contributed by atoms with Gasteiger partial charge in [0, 0.05) is 17.9 Å². The zero-order chi connectivity index (χ0) is 18.2. The monoisotopic (exact) mass is 344 g/mol. The van der Waals surface area contributed by atoms with Crippen LogP contribution in [0.15, 0.2) is 84.9 Å². The lowest BCUT2D eigenvalue weighted by Gasteiger charge is -2.22. The standard InChI is InChI=1S/C23H24N2O/c1-2-25(21-14-7-4-8-15-21)18-23(26)24-22-16-10-9-13-20(22)17-19-11-5-3-6-12-19/h3-16H,2,17-18H2,1H3,(H,24,26). The Bertz CT molecular complexity index is 831. The Morgan fingerprint density at radius 1 is 0.846 bits per heavy atom. The fourth-order valence-electron chi connectivity index (χ4n) is 3.00. The Morgan fingerprint density at radius 2 is 1.46 bits per heavy atom. The maximum absolute atomic E-state index is 12.6. The normalized spacial score (nSPS) is 10.3. The van der Waals surface area contributed by atoms with Gasteiger partial charge in [-0.05, 0) is 42.7 Å². The molecule has 0 aliphatic carbocycles. The van der Waals surface area contributed by atoms with Gasteiger partial charge >= 0.3 is 0 Å². The molecule has 3 aromatic carbocycles. The first kappa shape index (κ1) is 17.7. The lowest BCUT2D eigenvalue weighted by molar-refractivity contribution is -0.115. The second-order valence-corrected chi connectivity index (χ2v) is 6.22. The SMILES string of the molecule is CCN(CC(=O)Nc1ccccc1Cc1ccccc1)c1ccccc1. The number of nitrogens with zero attached hydrogens (tertiary/aromatic N) is 1. The number of anilines is 2. The van der Waals surface area contributed by atoms with E-state index in [1.165, 1.54) is 5.56 Å². The molecule has 3 aromatic rings. The summed E-state index contributed by atoms with van der Waals surface area (Å²) in [6.45, 7) is 3.17. The molecule has 132 valence electrons. The molecule has 0 saturated carbocycles. The Kier molecular flexibility index (Phi) is 6.05. The minimum atomic E-state index is -0.00350. The first-order valence-corrected chi connectivity index (χ1v) is 8.98.